The zero-order chi connectivity index (χ0) is 56.5. The number of benzene rings is 1. The average molecular weight is 1110 g/mol. The molecule has 0 amide bonds. The van der Waals surface area contributed by atoms with Crippen molar-refractivity contribution in [1.82, 2.24) is 0 Å². The first-order chi connectivity index (χ1) is 36.3. The molecule has 79 heavy (non-hydrogen) atoms. The minimum Gasteiger partial charge on any atom is -0.455 e. The SMILES string of the molecule is C.CCC(C)CO[C@@]12[C@H](O)[C@@H](C)[C@@]3(O)[C@H]([C@@H]1C2(C)C)[C@@H]1O[C@@]12COC(C)(C)OC2[C@]1(O)C(=O)C=C[C@@H]31.CCC(C)CO[C@@]12[C@H](OC(=O)c3ccccc3)[C@@H](C)[C@@]3(O)[C@H]([C@@H]1C2(C)C)[C@@H]1O[C@@]12COC(C)(C)OC2[C@]1(O)C(=O)C=C[C@@H]31.[2HH]. The number of aliphatic hydroxyl groups excluding tert-OH is 1. The van der Waals surface area contributed by atoms with Gasteiger partial charge in [0, 0.05) is 59.6 Å². The van der Waals surface area contributed by atoms with Gasteiger partial charge in [0.05, 0.1) is 61.5 Å². The lowest BCUT2D eigenvalue weighted by molar-refractivity contribution is -0.329. The Morgan fingerprint density at radius 1 is 0.658 bits per heavy atom. The molecule has 8 aliphatic carbocycles. The van der Waals surface area contributed by atoms with Gasteiger partial charge in [0.15, 0.2) is 34.3 Å². The van der Waals surface area contributed by atoms with E-state index >= 15 is 0 Å². The number of hydrogen-bond acceptors (Lipinski definition) is 17. The Balaban J connectivity index is 0.000000179. The zero-order valence-electron chi connectivity index (χ0n) is 47.8. The molecule has 0 aromatic heterocycles. The van der Waals surface area contributed by atoms with Crippen LogP contribution < -0.4 is 0 Å². The number of rotatable bonds is 10. The van der Waals surface area contributed by atoms with Gasteiger partial charge in [0.1, 0.15) is 40.7 Å². The summed E-state index contributed by atoms with van der Waals surface area (Å²) in [6.07, 6.45) is 2.81. The first-order valence-corrected chi connectivity index (χ1v) is 28.8. The van der Waals surface area contributed by atoms with Gasteiger partial charge >= 0.3 is 5.97 Å². The van der Waals surface area contributed by atoms with E-state index in [1.165, 1.54) is 12.2 Å². The Morgan fingerprint density at radius 3 is 1.53 bits per heavy atom. The highest BCUT2D eigenvalue weighted by molar-refractivity contribution is 6.02. The fourth-order valence-electron chi connectivity index (χ4n) is 17.9. The Kier molecular flexibility index (Phi) is 12.8. The van der Waals surface area contributed by atoms with Gasteiger partial charge in [-0.3, -0.25) is 9.59 Å². The molecule has 440 valence electrons. The summed E-state index contributed by atoms with van der Waals surface area (Å²) in [6.45, 7) is 28.7. The highest BCUT2D eigenvalue weighted by Gasteiger charge is 2.95. The van der Waals surface area contributed by atoms with E-state index in [-0.39, 0.29) is 39.8 Å². The highest BCUT2D eigenvalue weighted by atomic mass is 16.8. The third kappa shape index (κ3) is 6.99. The molecule has 17 nitrogen and oxygen atoms in total. The van der Waals surface area contributed by atoms with Crippen LogP contribution in [-0.2, 0) is 52.2 Å². The molecule has 10 fully saturated rings. The molecule has 4 unspecified atom stereocenters. The number of carbonyl (C=O) groups is 3. The molecule has 1 aromatic rings. The van der Waals surface area contributed by atoms with Crippen molar-refractivity contribution in [3.05, 3.63) is 60.2 Å². The van der Waals surface area contributed by atoms with Crippen molar-refractivity contribution in [3.63, 3.8) is 0 Å². The minimum atomic E-state index is -2.10. The fraction of sp³-hybridized carbons (Fsp3) is 0.790. The normalized spacial score (nSPS) is 51.7. The zero-order valence-corrected chi connectivity index (χ0v) is 47.8. The molecular weight excluding hydrogens is 1020 g/mol. The first-order valence-electron chi connectivity index (χ1n) is 28.8. The fourth-order valence-corrected chi connectivity index (χ4v) is 17.9. The molecule has 0 bridgehead atoms. The van der Waals surface area contributed by atoms with Gasteiger partial charge in [-0.05, 0) is 63.8 Å². The summed E-state index contributed by atoms with van der Waals surface area (Å²) in [5.74, 6) is -8.08. The molecule has 4 heterocycles. The third-order valence-electron chi connectivity index (χ3n) is 22.8. The van der Waals surface area contributed by atoms with Gasteiger partial charge in [-0.25, -0.2) is 4.79 Å². The van der Waals surface area contributed by atoms with Crippen LogP contribution in [0.2, 0.25) is 0 Å². The minimum absolute atomic E-state index is 0. The summed E-state index contributed by atoms with van der Waals surface area (Å²) in [5, 5.41) is 62.3. The van der Waals surface area contributed by atoms with Crippen LogP contribution in [0.15, 0.2) is 54.6 Å². The van der Waals surface area contributed by atoms with Crippen LogP contribution in [-0.4, -0.2) is 163 Å². The largest absolute Gasteiger partial charge is 0.455 e. The molecule has 5 N–H and O–H groups in total. The van der Waals surface area contributed by atoms with Crippen molar-refractivity contribution in [3.8, 4) is 0 Å². The number of ether oxygens (including phenoxy) is 9. The molecule has 24 atom stereocenters. The van der Waals surface area contributed by atoms with Crippen LogP contribution >= 0.6 is 0 Å². The topological polar surface area (TPSA) is 242 Å². The van der Waals surface area contributed by atoms with E-state index in [2.05, 4.69) is 55.4 Å². The van der Waals surface area contributed by atoms with E-state index in [0.717, 1.165) is 12.8 Å². The monoisotopic (exact) mass is 1110 g/mol. The van der Waals surface area contributed by atoms with Gasteiger partial charge < -0.3 is 68.2 Å². The lowest BCUT2D eigenvalue weighted by Crippen LogP contribution is -2.70. The predicted octanol–water partition coefficient (Wildman–Crippen LogP) is 5.93. The highest BCUT2D eigenvalue weighted by Crippen LogP contribution is 2.82. The lowest BCUT2D eigenvalue weighted by Gasteiger charge is -2.54. The Bertz CT molecular complexity index is 2730. The molecule has 17 heteroatoms. The average Bonchev–Trinajstić information content (AvgIpc) is 3.66. The number of hydrogen-bond donors (Lipinski definition) is 5. The molecule has 0 radical (unpaired) electrons. The summed E-state index contributed by atoms with van der Waals surface area (Å²) in [5.41, 5.74) is -12.0. The number of epoxide rings is 2. The van der Waals surface area contributed by atoms with E-state index in [4.69, 9.17) is 42.6 Å². The summed E-state index contributed by atoms with van der Waals surface area (Å²) < 4.78 is 57.5. The Morgan fingerprint density at radius 2 is 1.08 bits per heavy atom. The van der Waals surface area contributed by atoms with Gasteiger partial charge in [-0.15, -0.1) is 0 Å². The number of carbonyl (C=O) groups excluding carboxylic acids is 3. The summed E-state index contributed by atoms with van der Waals surface area (Å²) >= 11 is 0. The van der Waals surface area contributed by atoms with Gasteiger partial charge in [0.25, 0.3) is 0 Å². The number of aliphatic hydroxyl groups is 5. The van der Waals surface area contributed by atoms with E-state index in [9.17, 15) is 39.9 Å². The maximum absolute atomic E-state index is 13.7. The van der Waals surface area contributed by atoms with Crippen LogP contribution in [0.5, 0.6) is 0 Å². The van der Waals surface area contributed by atoms with E-state index in [1.807, 2.05) is 13.0 Å². The Hall–Kier alpha value is -3.01. The molecule has 6 saturated carbocycles. The maximum atomic E-state index is 13.7. The Labute approximate surface area is 466 Å². The molecule has 4 aliphatic heterocycles. The molecular formula is C62H90O17. The molecule has 13 rings (SSSR count). The molecule has 2 spiro atoms. The standard InChI is InChI=1S/C34H44O9.C27H40O8.CH4.H2/c1-8-18(2)16-39-34-24(29(34,4)5)23-26-31(42-26)17-40-30(6,7)43-28(31)33(38)21(14-15-22(33)35)32(23,37)19(3)25(34)41-27(36)20-12-10-9-11-13-20;1-8-13(2)11-32-27-18(22(27,4)5)17-20-24(34-20)12-33-23(6,7)35-21(24)26(31)15(9-10-16(26)28)25(17,30)14(3)19(27)29;;/h9-15,18-19,21,23-26,28,37-38H,8,16-17H2,1-7H3;9-10,13-15,17-21,29-31H,8,11-12H2,1-7H3;1H4;1H/t18?,19-,21+,23-,24-,25-,26+,28?,31+,32+,33-,34-;13?,14-,15+,17-,18-,19-,20+,21?,24+,25+,26-,27-;;/m11../s1/i;;;1+1. The van der Waals surface area contributed by atoms with Crippen LogP contribution in [0.1, 0.15) is 129 Å². The number of fused-ring (bicyclic) bond motifs is 14. The van der Waals surface area contributed by atoms with Crippen LogP contribution in [0.25, 0.3) is 0 Å². The van der Waals surface area contributed by atoms with Crippen molar-refractivity contribution < 1.29 is 84.0 Å². The summed E-state index contributed by atoms with van der Waals surface area (Å²) in [7, 11) is 0. The molecule has 1 aromatic carbocycles. The van der Waals surface area contributed by atoms with Crippen molar-refractivity contribution in [2.24, 2.45) is 70.0 Å². The number of ketones is 2. The number of esters is 1. The van der Waals surface area contributed by atoms with Crippen LogP contribution in [0.4, 0.5) is 0 Å². The van der Waals surface area contributed by atoms with Gasteiger partial charge in [-0.2, -0.15) is 0 Å². The molecule has 4 saturated heterocycles. The smallest absolute Gasteiger partial charge is 0.338 e. The second-order valence-corrected chi connectivity index (χ2v) is 28.1. The van der Waals surface area contributed by atoms with Gasteiger partial charge in [-0.1, -0.05) is 120 Å². The summed E-state index contributed by atoms with van der Waals surface area (Å²) in [4.78, 5) is 40.6. The van der Waals surface area contributed by atoms with Crippen molar-refractivity contribution in [2.75, 3.05) is 26.4 Å². The third-order valence-corrected chi connectivity index (χ3v) is 22.8. The van der Waals surface area contributed by atoms with E-state index in [1.54, 1.807) is 71.0 Å². The van der Waals surface area contributed by atoms with Crippen molar-refractivity contribution in [2.45, 2.75) is 210 Å². The first kappa shape index (κ1) is 57.8. The van der Waals surface area contributed by atoms with Gasteiger partial charge in [0.2, 0.25) is 0 Å². The predicted molar refractivity (Wildman–Crippen MR) is 287 cm³/mol. The molecule has 12 aliphatic rings. The van der Waals surface area contributed by atoms with E-state index < -0.39 is 157 Å². The second-order valence-electron chi connectivity index (χ2n) is 28.1. The van der Waals surface area contributed by atoms with E-state index in [0.29, 0.717) is 24.7 Å². The summed E-state index contributed by atoms with van der Waals surface area (Å²) in [6, 6.07) is 8.78. The quantitative estimate of drug-likeness (QED) is 0.135. The maximum Gasteiger partial charge on any atom is 0.338 e. The second kappa shape index (κ2) is 17.5. The lowest BCUT2D eigenvalue weighted by atomic mass is 9.58. The van der Waals surface area contributed by atoms with Crippen LogP contribution in [0.3, 0.4) is 0 Å². The van der Waals surface area contributed by atoms with Crippen LogP contribution in [0, 0.1) is 70.0 Å². The van der Waals surface area contributed by atoms with Crippen molar-refractivity contribution in [1.29, 1.82) is 0 Å². The van der Waals surface area contributed by atoms with Crippen molar-refractivity contribution >= 4 is 17.5 Å².